The molecule has 25 heavy (non-hydrogen) atoms. The smallest absolute Gasteiger partial charge is 0.372 e. The molecule has 2 heterocycles. The van der Waals surface area contributed by atoms with Crippen LogP contribution in [0.3, 0.4) is 0 Å². The van der Waals surface area contributed by atoms with E-state index in [-0.39, 0.29) is 5.92 Å². The molecule has 1 aliphatic carbocycles. The van der Waals surface area contributed by atoms with Crippen molar-refractivity contribution in [3.05, 3.63) is 53.6 Å². The van der Waals surface area contributed by atoms with Gasteiger partial charge < -0.3 is 10.1 Å². The molecule has 1 aromatic carbocycles. The standard InChI is InChI=1S/C18H20F3N3O/c19-18(20,21)15-4-2-1-3-14(15)11-5-12-8-24(9-13(12)6-11)17(25)16-7-22-10-23-16/h1-4,7,10-13,17,25H,5-6,8-9H2,(H,22,23)/t11-,12-,13+,17?. The maximum absolute atomic E-state index is 13.3. The number of aliphatic hydroxyl groups is 1. The highest BCUT2D eigenvalue weighted by atomic mass is 19.4. The average molecular weight is 351 g/mol. The van der Waals surface area contributed by atoms with E-state index < -0.39 is 18.0 Å². The van der Waals surface area contributed by atoms with Gasteiger partial charge in [-0.25, -0.2) is 4.98 Å². The van der Waals surface area contributed by atoms with Crippen LogP contribution in [-0.4, -0.2) is 33.1 Å². The van der Waals surface area contributed by atoms with Gasteiger partial charge in [0.1, 0.15) is 5.69 Å². The van der Waals surface area contributed by atoms with Crippen LogP contribution in [0.25, 0.3) is 0 Å². The van der Waals surface area contributed by atoms with Crippen molar-refractivity contribution in [1.29, 1.82) is 0 Å². The summed E-state index contributed by atoms with van der Waals surface area (Å²) >= 11 is 0. The van der Waals surface area contributed by atoms with Gasteiger partial charge in [0.25, 0.3) is 0 Å². The van der Waals surface area contributed by atoms with E-state index in [0.717, 1.165) is 12.8 Å². The molecule has 2 N–H and O–H groups in total. The van der Waals surface area contributed by atoms with Crippen LogP contribution in [0.5, 0.6) is 0 Å². The molecule has 7 heteroatoms. The number of aromatic nitrogens is 2. The fourth-order valence-corrected chi connectivity index (χ4v) is 4.50. The number of rotatable bonds is 3. The SMILES string of the molecule is OC(c1c[nH]cn1)N1C[C@H]2C[C@@H](c3ccccc3C(F)(F)F)C[C@H]2C1. The zero-order valence-corrected chi connectivity index (χ0v) is 13.6. The van der Waals surface area contributed by atoms with Gasteiger partial charge in [0.15, 0.2) is 6.23 Å². The largest absolute Gasteiger partial charge is 0.416 e. The molecule has 0 radical (unpaired) electrons. The molecule has 1 aromatic heterocycles. The number of aromatic amines is 1. The lowest BCUT2D eigenvalue weighted by Crippen LogP contribution is -2.28. The summed E-state index contributed by atoms with van der Waals surface area (Å²) in [6.07, 6.45) is -0.391. The van der Waals surface area contributed by atoms with E-state index in [1.165, 1.54) is 18.5 Å². The Kier molecular flexibility index (Phi) is 4.08. The number of benzene rings is 1. The van der Waals surface area contributed by atoms with E-state index in [9.17, 15) is 18.3 Å². The van der Waals surface area contributed by atoms with Gasteiger partial charge in [-0.3, -0.25) is 4.90 Å². The maximum Gasteiger partial charge on any atom is 0.416 e. The molecule has 4 nitrogen and oxygen atoms in total. The third-order valence-electron chi connectivity index (χ3n) is 5.62. The highest BCUT2D eigenvalue weighted by molar-refractivity contribution is 5.34. The van der Waals surface area contributed by atoms with E-state index in [2.05, 4.69) is 9.97 Å². The summed E-state index contributed by atoms with van der Waals surface area (Å²) in [4.78, 5) is 8.88. The molecule has 1 unspecified atom stereocenters. The fourth-order valence-electron chi connectivity index (χ4n) is 4.50. The van der Waals surface area contributed by atoms with Gasteiger partial charge in [-0.1, -0.05) is 18.2 Å². The van der Waals surface area contributed by atoms with E-state index in [4.69, 9.17) is 0 Å². The fraction of sp³-hybridized carbons (Fsp3) is 0.500. The van der Waals surface area contributed by atoms with Gasteiger partial charge in [-0.05, 0) is 42.2 Å². The molecular weight excluding hydrogens is 331 g/mol. The number of halogens is 3. The van der Waals surface area contributed by atoms with Crippen LogP contribution >= 0.6 is 0 Å². The van der Waals surface area contributed by atoms with E-state index in [1.807, 2.05) is 4.90 Å². The first-order valence-electron chi connectivity index (χ1n) is 8.50. The van der Waals surface area contributed by atoms with Crippen molar-refractivity contribution < 1.29 is 18.3 Å². The number of hydrogen-bond acceptors (Lipinski definition) is 3. The van der Waals surface area contributed by atoms with Crippen molar-refractivity contribution in [2.24, 2.45) is 11.8 Å². The number of imidazole rings is 1. The molecule has 1 aliphatic heterocycles. The summed E-state index contributed by atoms with van der Waals surface area (Å²) in [6, 6.07) is 5.93. The lowest BCUT2D eigenvalue weighted by Gasteiger charge is -2.24. The van der Waals surface area contributed by atoms with Gasteiger partial charge in [-0.2, -0.15) is 13.2 Å². The molecule has 4 rings (SSSR count). The zero-order chi connectivity index (χ0) is 17.6. The normalized spacial score (nSPS) is 28.2. The Morgan fingerprint density at radius 3 is 2.44 bits per heavy atom. The van der Waals surface area contributed by atoms with Crippen molar-refractivity contribution in [3.8, 4) is 0 Å². The first kappa shape index (κ1) is 16.6. The molecule has 0 bridgehead atoms. The number of H-pyrrole nitrogens is 1. The van der Waals surface area contributed by atoms with Crippen LogP contribution < -0.4 is 0 Å². The average Bonchev–Trinajstić information content (AvgIpc) is 3.29. The van der Waals surface area contributed by atoms with Gasteiger partial charge in [0.05, 0.1) is 11.9 Å². The topological polar surface area (TPSA) is 52.1 Å². The Hall–Kier alpha value is -1.86. The number of nitrogens with one attached hydrogen (secondary N) is 1. The van der Waals surface area contributed by atoms with Gasteiger partial charge in [0, 0.05) is 19.3 Å². The minimum absolute atomic E-state index is 0.0579. The second-order valence-corrected chi connectivity index (χ2v) is 7.10. The van der Waals surface area contributed by atoms with Gasteiger partial charge in [0.2, 0.25) is 0 Å². The summed E-state index contributed by atoms with van der Waals surface area (Å²) in [5.74, 6) is 0.581. The van der Waals surface area contributed by atoms with Crippen LogP contribution in [-0.2, 0) is 6.18 Å². The number of likely N-dealkylation sites (tertiary alicyclic amines) is 1. The molecule has 4 atom stereocenters. The molecule has 2 aliphatic rings. The quantitative estimate of drug-likeness (QED) is 0.889. The van der Waals surface area contributed by atoms with Crippen LogP contribution in [0.1, 0.15) is 41.8 Å². The van der Waals surface area contributed by atoms with Crippen molar-refractivity contribution in [2.75, 3.05) is 13.1 Å². The lowest BCUT2D eigenvalue weighted by atomic mass is 9.91. The second kappa shape index (κ2) is 6.14. The first-order valence-corrected chi connectivity index (χ1v) is 8.50. The highest BCUT2D eigenvalue weighted by Gasteiger charge is 2.45. The molecule has 0 amide bonds. The predicted octanol–water partition coefficient (Wildman–Crippen LogP) is 3.55. The molecule has 2 aromatic rings. The number of alkyl halides is 3. The molecule has 2 fully saturated rings. The maximum atomic E-state index is 13.3. The van der Waals surface area contributed by atoms with E-state index in [0.29, 0.717) is 36.2 Å². The minimum Gasteiger partial charge on any atom is -0.372 e. The number of hydrogen-bond donors (Lipinski definition) is 2. The molecule has 0 spiro atoms. The third kappa shape index (κ3) is 3.06. The molecule has 1 saturated heterocycles. The Balaban J connectivity index is 1.47. The van der Waals surface area contributed by atoms with Crippen molar-refractivity contribution in [2.45, 2.75) is 31.2 Å². The minimum atomic E-state index is -4.31. The van der Waals surface area contributed by atoms with E-state index >= 15 is 0 Å². The lowest BCUT2D eigenvalue weighted by molar-refractivity contribution is -0.138. The summed E-state index contributed by atoms with van der Waals surface area (Å²) in [6.45, 7) is 1.40. The molecule has 1 saturated carbocycles. The summed E-state index contributed by atoms with van der Waals surface area (Å²) in [7, 11) is 0. The van der Waals surface area contributed by atoms with Crippen molar-refractivity contribution in [3.63, 3.8) is 0 Å². The van der Waals surface area contributed by atoms with Crippen LogP contribution in [0.15, 0.2) is 36.8 Å². The van der Waals surface area contributed by atoms with Gasteiger partial charge >= 0.3 is 6.18 Å². The number of fused-ring (bicyclic) bond motifs is 1. The van der Waals surface area contributed by atoms with E-state index in [1.54, 1.807) is 18.3 Å². The molecule has 134 valence electrons. The van der Waals surface area contributed by atoms with Crippen molar-refractivity contribution in [1.82, 2.24) is 14.9 Å². The predicted molar refractivity (Wildman–Crippen MR) is 85.5 cm³/mol. The Morgan fingerprint density at radius 2 is 1.84 bits per heavy atom. The Bertz CT molecular complexity index is 717. The van der Waals surface area contributed by atoms with Crippen molar-refractivity contribution >= 4 is 0 Å². The third-order valence-corrected chi connectivity index (χ3v) is 5.62. The summed E-state index contributed by atoms with van der Waals surface area (Å²) < 4.78 is 39.8. The Labute approximate surface area is 143 Å². The second-order valence-electron chi connectivity index (χ2n) is 7.10. The van der Waals surface area contributed by atoms with Gasteiger partial charge in [-0.15, -0.1) is 0 Å². The van der Waals surface area contributed by atoms with Crippen LogP contribution in [0.2, 0.25) is 0 Å². The van der Waals surface area contributed by atoms with Crippen LogP contribution in [0, 0.1) is 11.8 Å². The summed E-state index contributed by atoms with van der Waals surface area (Å²) in [5, 5.41) is 10.4. The monoisotopic (exact) mass is 351 g/mol. The summed E-state index contributed by atoms with van der Waals surface area (Å²) in [5.41, 5.74) is 0.496. The number of nitrogens with zero attached hydrogens (tertiary/aromatic N) is 2. The Morgan fingerprint density at radius 1 is 1.16 bits per heavy atom. The first-order chi connectivity index (χ1) is 11.9. The zero-order valence-electron chi connectivity index (χ0n) is 13.6. The van der Waals surface area contributed by atoms with Crippen LogP contribution in [0.4, 0.5) is 13.2 Å². The highest BCUT2D eigenvalue weighted by Crippen LogP contribution is 2.49. The number of aliphatic hydroxyl groups excluding tert-OH is 1. The molecular formula is C18H20F3N3O.